The number of halogens is 1. The van der Waals surface area contributed by atoms with Gasteiger partial charge in [-0.25, -0.2) is 14.4 Å². The van der Waals surface area contributed by atoms with Crippen LogP contribution in [0, 0.1) is 5.82 Å². The van der Waals surface area contributed by atoms with E-state index in [9.17, 15) is 4.39 Å². The number of benzene rings is 2. The van der Waals surface area contributed by atoms with Crippen molar-refractivity contribution in [3.63, 3.8) is 0 Å². The number of aromatic nitrogens is 2. The summed E-state index contributed by atoms with van der Waals surface area (Å²) in [4.78, 5) is 9.22. The van der Waals surface area contributed by atoms with Gasteiger partial charge in [-0.2, -0.15) is 0 Å². The largest absolute Gasteiger partial charge is 0.383 e. The number of ether oxygens (including phenoxy) is 1. The molecule has 0 aliphatic rings. The fourth-order valence-corrected chi connectivity index (χ4v) is 2.61. The van der Waals surface area contributed by atoms with Gasteiger partial charge in [-0.1, -0.05) is 42.5 Å². The maximum atomic E-state index is 13.0. The molecule has 1 heterocycles. The Morgan fingerprint density at radius 2 is 1.56 bits per heavy atom. The average molecular weight is 366 g/mol. The van der Waals surface area contributed by atoms with Gasteiger partial charge < -0.3 is 15.4 Å². The summed E-state index contributed by atoms with van der Waals surface area (Å²) in [7, 11) is 1.67. The molecule has 0 fully saturated rings. The van der Waals surface area contributed by atoms with Crippen LogP contribution in [0.4, 0.5) is 16.0 Å². The minimum Gasteiger partial charge on any atom is -0.383 e. The summed E-state index contributed by atoms with van der Waals surface area (Å²) in [6.07, 6.45) is 0.775. The van der Waals surface area contributed by atoms with Gasteiger partial charge >= 0.3 is 0 Å². The molecule has 0 unspecified atom stereocenters. The molecule has 3 aromatic rings. The third kappa shape index (κ3) is 5.76. The molecule has 1 aromatic heterocycles. The number of nitrogens with one attached hydrogen (secondary N) is 2. The van der Waals surface area contributed by atoms with Gasteiger partial charge in [0.1, 0.15) is 17.5 Å². The number of hydrogen-bond donors (Lipinski definition) is 2. The Morgan fingerprint density at radius 1 is 0.889 bits per heavy atom. The molecule has 2 aromatic carbocycles. The minimum atomic E-state index is -0.221. The summed E-state index contributed by atoms with van der Waals surface area (Å²) < 4.78 is 18.1. The summed E-state index contributed by atoms with van der Waals surface area (Å²) in [6, 6.07) is 18.3. The zero-order chi connectivity index (χ0) is 18.9. The summed E-state index contributed by atoms with van der Waals surface area (Å²) in [6.45, 7) is 1.95. The molecular formula is C21H23FN4O. The SMILES string of the molecule is COCCNc1cc(NCCc2ccc(F)cc2)nc(-c2ccccc2)n1. The lowest BCUT2D eigenvalue weighted by Crippen LogP contribution is -2.12. The van der Waals surface area contributed by atoms with E-state index in [2.05, 4.69) is 20.6 Å². The molecule has 3 rings (SSSR count). The highest BCUT2D eigenvalue weighted by atomic mass is 19.1. The molecule has 6 heteroatoms. The maximum Gasteiger partial charge on any atom is 0.163 e. The second-order valence-electron chi connectivity index (χ2n) is 6.05. The van der Waals surface area contributed by atoms with E-state index in [1.807, 2.05) is 36.4 Å². The van der Waals surface area contributed by atoms with Crippen LogP contribution in [0.5, 0.6) is 0 Å². The van der Waals surface area contributed by atoms with Crippen LogP contribution in [-0.2, 0) is 11.2 Å². The van der Waals surface area contributed by atoms with E-state index >= 15 is 0 Å². The Labute approximate surface area is 158 Å². The number of methoxy groups -OCH3 is 1. The summed E-state index contributed by atoms with van der Waals surface area (Å²) in [5, 5.41) is 6.59. The first kappa shape index (κ1) is 18.8. The van der Waals surface area contributed by atoms with Gasteiger partial charge in [0.05, 0.1) is 6.61 Å². The molecule has 140 valence electrons. The van der Waals surface area contributed by atoms with E-state index in [0.717, 1.165) is 29.2 Å². The van der Waals surface area contributed by atoms with Crippen LogP contribution in [0.2, 0.25) is 0 Å². The van der Waals surface area contributed by atoms with Crippen molar-refractivity contribution in [2.24, 2.45) is 0 Å². The van der Waals surface area contributed by atoms with Crippen LogP contribution in [0.15, 0.2) is 60.7 Å². The number of hydrogen-bond acceptors (Lipinski definition) is 5. The van der Waals surface area contributed by atoms with Crippen molar-refractivity contribution in [1.29, 1.82) is 0 Å². The zero-order valence-electron chi connectivity index (χ0n) is 15.3. The Balaban J connectivity index is 1.72. The molecule has 2 N–H and O–H groups in total. The van der Waals surface area contributed by atoms with Crippen molar-refractivity contribution in [3.8, 4) is 11.4 Å². The van der Waals surface area contributed by atoms with Crippen LogP contribution in [0.3, 0.4) is 0 Å². The van der Waals surface area contributed by atoms with Crippen molar-refractivity contribution in [3.05, 3.63) is 72.0 Å². The molecular weight excluding hydrogens is 343 g/mol. The van der Waals surface area contributed by atoms with Crippen LogP contribution in [0.25, 0.3) is 11.4 Å². The third-order valence-corrected chi connectivity index (χ3v) is 4.00. The van der Waals surface area contributed by atoms with Gasteiger partial charge in [0, 0.05) is 31.8 Å². The van der Waals surface area contributed by atoms with Crippen molar-refractivity contribution in [2.45, 2.75) is 6.42 Å². The van der Waals surface area contributed by atoms with Gasteiger partial charge in [-0.3, -0.25) is 0 Å². The molecule has 0 aliphatic heterocycles. The highest BCUT2D eigenvalue weighted by Crippen LogP contribution is 2.20. The van der Waals surface area contributed by atoms with Crippen molar-refractivity contribution in [1.82, 2.24) is 9.97 Å². The summed E-state index contributed by atoms with van der Waals surface area (Å²) in [5.74, 6) is 1.92. The number of anilines is 2. The van der Waals surface area contributed by atoms with Gasteiger partial charge in [-0.05, 0) is 24.1 Å². The molecule has 5 nitrogen and oxygen atoms in total. The van der Waals surface area contributed by atoms with E-state index in [4.69, 9.17) is 4.74 Å². The number of nitrogens with zero attached hydrogens (tertiary/aromatic N) is 2. The highest BCUT2D eigenvalue weighted by Gasteiger charge is 2.07. The van der Waals surface area contributed by atoms with Crippen molar-refractivity contribution in [2.75, 3.05) is 37.4 Å². The van der Waals surface area contributed by atoms with Crippen LogP contribution in [-0.4, -0.2) is 36.8 Å². The lowest BCUT2D eigenvalue weighted by molar-refractivity contribution is 0.210. The second kappa shape index (κ2) is 9.64. The van der Waals surface area contributed by atoms with E-state index in [1.165, 1.54) is 12.1 Å². The molecule has 0 atom stereocenters. The average Bonchev–Trinajstić information content (AvgIpc) is 2.70. The third-order valence-electron chi connectivity index (χ3n) is 4.00. The molecule has 27 heavy (non-hydrogen) atoms. The quantitative estimate of drug-likeness (QED) is 0.561. The topological polar surface area (TPSA) is 59.1 Å². The lowest BCUT2D eigenvalue weighted by atomic mass is 10.1. The van der Waals surface area contributed by atoms with Gasteiger partial charge in [0.25, 0.3) is 0 Å². The first-order chi connectivity index (χ1) is 13.2. The van der Waals surface area contributed by atoms with Crippen LogP contribution < -0.4 is 10.6 Å². The fraction of sp³-hybridized carbons (Fsp3) is 0.238. The van der Waals surface area contributed by atoms with Gasteiger partial charge in [0.15, 0.2) is 5.82 Å². The molecule has 0 spiro atoms. The minimum absolute atomic E-state index is 0.221. The predicted molar refractivity (Wildman–Crippen MR) is 106 cm³/mol. The monoisotopic (exact) mass is 366 g/mol. The standard InChI is InChI=1S/C21H23FN4O/c1-27-14-13-24-20-15-19(23-12-11-16-7-9-18(22)10-8-16)25-21(26-20)17-5-3-2-4-6-17/h2-10,15H,11-14H2,1H3,(H2,23,24,25,26). The summed E-state index contributed by atoms with van der Waals surface area (Å²) in [5.41, 5.74) is 2.02. The molecule has 0 radical (unpaired) electrons. The van der Waals surface area contributed by atoms with Gasteiger partial charge in [-0.15, -0.1) is 0 Å². The van der Waals surface area contributed by atoms with Crippen molar-refractivity contribution >= 4 is 11.6 Å². The first-order valence-corrected chi connectivity index (χ1v) is 8.90. The normalized spacial score (nSPS) is 10.6. The Morgan fingerprint density at radius 3 is 2.22 bits per heavy atom. The summed E-state index contributed by atoms with van der Waals surface area (Å²) >= 11 is 0. The molecule has 0 amide bonds. The first-order valence-electron chi connectivity index (χ1n) is 8.90. The van der Waals surface area contributed by atoms with Gasteiger partial charge in [0.2, 0.25) is 0 Å². The number of rotatable bonds is 9. The Hall–Kier alpha value is -2.99. The van der Waals surface area contributed by atoms with Crippen LogP contribution >= 0.6 is 0 Å². The highest BCUT2D eigenvalue weighted by molar-refractivity contribution is 5.61. The molecule has 0 saturated heterocycles. The Bertz CT molecular complexity index is 841. The fourth-order valence-electron chi connectivity index (χ4n) is 2.61. The Kier molecular flexibility index (Phi) is 6.71. The molecule has 0 bridgehead atoms. The van der Waals surface area contributed by atoms with Crippen LogP contribution in [0.1, 0.15) is 5.56 Å². The molecule has 0 aliphatic carbocycles. The van der Waals surface area contributed by atoms with E-state index in [-0.39, 0.29) is 5.82 Å². The van der Waals surface area contributed by atoms with Crippen molar-refractivity contribution < 1.29 is 9.13 Å². The zero-order valence-corrected chi connectivity index (χ0v) is 15.3. The van der Waals surface area contributed by atoms with E-state index < -0.39 is 0 Å². The smallest absolute Gasteiger partial charge is 0.163 e. The second-order valence-corrected chi connectivity index (χ2v) is 6.05. The van der Waals surface area contributed by atoms with E-state index in [0.29, 0.717) is 25.5 Å². The molecule has 0 saturated carbocycles. The predicted octanol–water partition coefficient (Wildman–Crippen LogP) is 4.00. The maximum absolute atomic E-state index is 13.0. The van der Waals surface area contributed by atoms with E-state index in [1.54, 1.807) is 19.2 Å². The lowest BCUT2D eigenvalue weighted by Gasteiger charge is -2.11.